The molecule has 0 aliphatic carbocycles. The molecule has 1 heteroatoms. The zero-order chi connectivity index (χ0) is 29.6. The van der Waals surface area contributed by atoms with Gasteiger partial charge >= 0.3 is 0 Å². The summed E-state index contributed by atoms with van der Waals surface area (Å²) in [6.07, 6.45) is 0. The molecule has 0 fully saturated rings. The quantitative estimate of drug-likeness (QED) is 0.196. The van der Waals surface area contributed by atoms with Gasteiger partial charge in [0.2, 0.25) is 0 Å². The summed E-state index contributed by atoms with van der Waals surface area (Å²) in [4.78, 5) is 0. The van der Waals surface area contributed by atoms with Gasteiger partial charge in [0.25, 0.3) is 0 Å². The van der Waals surface area contributed by atoms with Crippen LogP contribution in [0.5, 0.6) is 0 Å². The van der Waals surface area contributed by atoms with Crippen LogP contribution >= 0.6 is 0 Å². The maximum absolute atomic E-state index is 2.41. The van der Waals surface area contributed by atoms with E-state index in [1.54, 1.807) is 0 Å². The van der Waals surface area contributed by atoms with Crippen LogP contribution in [0.4, 0.5) is 0 Å². The number of nitrogens with zero attached hydrogens (tertiary/aromatic N) is 1. The molecule has 210 valence electrons. The highest BCUT2D eigenvalue weighted by molar-refractivity contribution is 6.10. The van der Waals surface area contributed by atoms with Crippen molar-refractivity contribution in [3.8, 4) is 27.9 Å². The van der Waals surface area contributed by atoms with Crippen molar-refractivity contribution in [2.45, 2.75) is 19.8 Å². The Morgan fingerprint density at radius 1 is 0.477 bits per heavy atom. The second-order valence-corrected chi connectivity index (χ2v) is 11.9. The molecule has 0 saturated heterocycles. The zero-order valence-corrected chi connectivity index (χ0v) is 25.0. The van der Waals surface area contributed by atoms with Crippen molar-refractivity contribution in [1.29, 1.82) is 0 Å². The van der Waals surface area contributed by atoms with E-state index in [0.29, 0.717) is 0 Å². The summed E-state index contributed by atoms with van der Waals surface area (Å²) >= 11 is 0. The van der Waals surface area contributed by atoms with Crippen LogP contribution in [0.25, 0.3) is 60.5 Å². The standard InChI is InChI=1S/C43H33N/c1-29-12-6-9-17-37(29)40-27-34(22-24-38(40)30(2)32-21-20-31-13-7-8-14-33(31)26-32)35-23-25-43-41(28-35)39-18-10-11-19-42(39)44(43)36-15-4-3-5-16-36/h3-28,30H,1-2H3. The molecule has 1 aromatic heterocycles. The van der Waals surface area contributed by atoms with Crippen molar-refractivity contribution < 1.29 is 0 Å². The van der Waals surface area contributed by atoms with Gasteiger partial charge < -0.3 is 4.57 Å². The average molecular weight is 564 g/mol. The number of aryl methyl sites for hydroxylation is 1. The first-order valence-electron chi connectivity index (χ1n) is 15.4. The lowest BCUT2D eigenvalue weighted by molar-refractivity contribution is 0.927. The van der Waals surface area contributed by atoms with Gasteiger partial charge in [-0.1, -0.05) is 128 Å². The first kappa shape index (κ1) is 26.2. The van der Waals surface area contributed by atoms with Gasteiger partial charge in [0.1, 0.15) is 0 Å². The lowest BCUT2D eigenvalue weighted by Crippen LogP contribution is -2.00. The Kier molecular flexibility index (Phi) is 6.38. The van der Waals surface area contributed by atoms with E-state index in [1.807, 2.05) is 0 Å². The van der Waals surface area contributed by atoms with Gasteiger partial charge in [0, 0.05) is 22.4 Å². The van der Waals surface area contributed by atoms with Crippen LogP contribution in [0.1, 0.15) is 29.5 Å². The summed E-state index contributed by atoms with van der Waals surface area (Å²) in [6, 6.07) is 57.7. The summed E-state index contributed by atoms with van der Waals surface area (Å²) < 4.78 is 2.38. The average Bonchev–Trinajstić information content (AvgIpc) is 3.42. The van der Waals surface area contributed by atoms with Crippen LogP contribution in [-0.4, -0.2) is 4.57 Å². The van der Waals surface area contributed by atoms with E-state index in [1.165, 1.54) is 77.2 Å². The molecular formula is C43H33N. The predicted molar refractivity (Wildman–Crippen MR) is 188 cm³/mol. The summed E-state index contributed by atoms with van der Waals surface area (Å²) in [6.45, 7) is 4.56. The van der Waals surface area contributed by atoms with Crippen molar-refractivity contribution in [1.82, 2.24) is 4.57 Å². The zero-order valence-electron chi connectivity index (χ0n) is 25.0. The lowest BCUT2D eigenvalue weighted by atomic mass is 9.84. The van der Waals surface area contributed by atoms with Gasteiger partial charge in [-0.05, 0) is 93.0 Å². The van der Waals surface area contributed by atoms with Gasteiger partial charge in [0.15, 0.2) is 0 Å². The first-order chi connectivity index (χ1) is 21.7. The van der Waals surface area contributed by atoms with E-state index in [0.717, 1.165) is 0 Å². The molecule has 0 spiro atoms. The van der Waals surface area contributed by atoms with Crippen molar-refractivity contribution in [2.75, 3.05) is 0 Å². The first-order valence-corrected chi connectivity index (χ1v) is 15.4. The van der Waals surface area contributed by atoms with Crippen LogP contribution < -0.4 is 0 Å². The molecule has 1 nitrogen and oxygen atoms in total. The molecule has 0 radical (unpaired) electrons. The van der Waals surface area contributed by atoms with Crippen LogP contribution in [0.2, 0.25) is 0 Å². The largest absolute Gasteiger partial charge is 0.309 e. The smallest absolute Gasteiger partial charge is 0.0541 e. The van der Waals surface area contributed by atoms with E-state index < -0.39 is 0 Å². The molecule has 1 unspecified atom stereocenters. The topological polar surface area (TPSA) is 4.93 Å². The Morgan fingerprint density at radius 2 is 1.16 bits per heavy atom. The molecule has 8 rings (SSSR count). The van der Waals surface area contributed by atoms with E-state index in [2.05, 4.69) is 176 Å². The monoisotopic (exact) mass is 563 g/mol. The molecule has 8 aromatic rings. The molecule has 0 bridgehead atoms. The summed E-state index contributed by atoms with van der Waals surface area (Å²) in [5.74, 6) is 0.245. The number of fused-ring (bicyclic) bond motifs is 4. The maximum atomic E-state index is 2.41. The minimum atomic E-state index is 0.245. The van der Waals surface area contributed by atoms with Crippen LogP contribution in [0, 0.1) is 6.92 Å². The normalized spacial score (nSPS) is 12.2. The number of hydrogen-bond acceptors (Lipinski definition) is 0. The fraction of sp³-hybridized carbons (Fsp3) is 0.0698. The highest BCUT2D eigenvalue weighted by atomic mass is 15.0. The van der Waals surface area contributed by atoms with E-state index in [-0.39, 0.29) is 5.92 Å². The molecular weight excluding hydrogens is 530 g/mol. The Balaban J connectivity index is 1.30. The third-order valence-electron chi connectivity index (χ3n) is 9.25. The molecule has 0 aliphatic rings. The Labute approximate surface area is 258 Å². The molecule has 1 atom stereocenters. The van der Waals surface area contributed by atoms with Gasteiger partial charge in [-0.15, -0.1) is 0 Å². The van der Waals surface area contributed by atoms with Crippen molar-refractivity contribution in [2.24, 2.45) is 0 Å². The Hall–Kier alpha value is -5.40. The van der Waals surface area contributed by atoms with Gasteiger partial charge in [0.05, 0.1) is 11.0 Å². The SMILES string of the molecule is Cc1ccccc1-c1cc(-c2ccc3c(c2)c2ccccc2n3-c2ccccc2)ccc1C(C)c1ccc2ccccc2c1. The van der Waals surface area contributed by atoms with Gasteiger partial charge in [-0.2, -0.15) is 0 Å². The molecule has 0 saturated carbocycles. The van der Waals surface area contributed by atoms with E-state index in [9.17, 15) is 0 Å². The lowest BCUT2D eigenvalue weighted by Gasteiger charge is -2.20. The molecule has 7 aromatic carbocycles. The highest BCUT2D eigenvalue weighted by Gasteiger charge is 2.18. The van der Waals surface area contributed by atoms with E-state index in [4.69, 9.17) is 0 Å². The number of para-hydroxylation sites is 2. The minimum Gasteiger partial charge on any atom is -0.309 e. The molecule has 0 amide bonds. The Bertz CT molecular complexity index is 2300. The molecule has 1 heterocycles. The summed E-state index contributed by atoms with van der Waals surface area (Å²) in [5, 5.41) is 5.11. The number of benzene rings is 7. The fourth-order valence-corrected chi connectivity index (χ4v) is 6.89. The molecule has 0 N–H and O–H groups in total. The van der Waals surface area contributed by atoms with Gasteiger partial charge in [-0.25, -0.2) is 0 Å². The molecule has 0 aliphatic heterocycles. The highest BCUT2D eigenvalue weighted by Crippen LogP contribution is 2.40. The van der Waals surface area contributed by atoms with Gasteiger partial charge in [-0.3, -0.25) is 0 Å². The fourth-order valence-electron chi connectivity index (χ4n) is 6.89. The van der Waals surface area contributed by atoms with Crippen LogP contribution in [0.15, 0.2) is 158 Å². The predicted octanol–water partition coefficient (Wildman–Crippen LogP) is 11.7. The van der Waals surface area contributed by atoms with Crippen molar-refractivity contribution in [3.05, 3.63) is 174 Å². The minimum absolute atomic E-state index is 0.245. The third kappa shape index (κ3) is 4.41. The second kappa shape index (κ2) is 10.7. The third-order valence-corrected chi connectivity index (χ3v) is 9.25. The van der Waals surface area contributed by atoms with Crippen LogP contribution in [0.3, 0.4) is 0 Å². The van der Waals surface area contributed by atoms with Crippen molar-refractivity contribution in [3.63, 3.8) is 0 Å². The summed E-state index contributed by atoms with van der Waals surface area (Å²) in [7, 11) is 0. The second-order valence-electron chi connectivity index (χ2n) is 11.9. The Morgan fingerprint density at radius 3 is 2.02 bits per heavy atom. The number of hydrogen-bond donors (Lipinski definition) is 0. The summed E-state index contributed by atoms with van der Waals surface area (Å²) in [5.41, 5.74) is 12.7. The van der Waals surface area contributed by atoms with Crippen LogP contribution in [-0.2, 0) is 0 Å². The maximum Gasteiger partial charge on any atom is 0.0541 e. The van der Waals surface area contributed by atoms with E-state index >= 15 is 0 Å². The molecule has 44 heavy (non-hydrogen) atoms. The van der Waals surface area contributed by atoms with Crippen molar-refractivity contribution >= 4 is 32.6 Å². The number of rotatable bonds is 5. The number of aromatic nitrogens is 1.